The lowest BCUT2D eigenvalue weighted by Gasteiger charge is -2.40. The minimum atomic E-state index is -4.66. The summed E-state index contributed by atoms with van der Waals surface area (Å²) in [5, 5.41) is 10.1. The van der Waals surface area contributed by atoms with Crippen molar-refractivity contribution in [2.45, 2.75) is 57.7 Å². The second kappa shape index (κ2) is 12.2. The van der Waals surface area contributed by atoms with Crippen molar-refractivity contribution in [3.63, 3.8) is 0 Å². The fourth-order valence-electron chi connectivity index (χ4n) is 5.51. The van der Waals surface area contributed by atoms with Crippen LogP contribution in [0.5, 0.6) is 11.5 Å². The van der Waals surface area contributed by atoms with E-state index in [2.05, 4.69) is 6.92 Å². The Morgan fingerprint density at radius 1 is 0.975 bits per heavy atom. The number of carbonyl (C=O) groups is 3. The molecule has 2 fully saturated rings. The van der Waals surface area contributed by atoms with Crippen LogP contribution in [0.15, 0.2) is 42.5 Å². The number of anilines is 1. The van der Waals surface area contributed by atoms with Crippen molar-refractivity contribution < 1.29 is 42.1 Å². The van der Waals surface area contributed by atoms with Gasteiger partial charge in [0.05, 0.1) is 23.9 Å². The first-order valence-electron chi connectivity index (χ1n) is 13.4. The van der Waals surface area contributed by atoms with Crippen molar-refractivity contribution in [1.29, 1.82) is 0 Å². The Labute approximate surface area is 230 Å². The highest BCUT2D eigenvalue weighted by atomic mass is 19.4. The molecule has 0 bridgehead atoms. The molecule has 1 aliphatic heterocycles. The summed E-state index contributed by atoms with van der Waals surface area (Å²) in [6, 6.07) is 8.25. The Morgan fingerprint density at radius 3 is 2.23 bits per heavy atom. The van der Waals surface area contributed by atoms with Gasteiger partial charge in [0.15, 0.2) is 0 Å². The van der Waals surface area contributed by atoms with Gasteiger partial charge in [-0.25, -0.2) is 9.59 Å². The number of methoxy groups -OCH3 is 1. The number of benzene rings is 2. The maximum atomic E-state index is 14.0. The van der Waals surface area contributed by atoms with Crippen LogP contribution in [0, 0.1) is 11.8 Å². The lowest BCUT2D eigenvalue weighted by atomic mass is 9.81. The number of para-hydroxylation sites is 1. The summed E-state index contributed by atoms with van der Waals surface area (Å²) in [6.45, 7) is 2.81. The van der Waals surface area contributed by atoms with E-state index in [1.807, 2.05) is 0 Å². The summed E-state index contributed by atoms with van der Waals surface area (Å²) in [7, 11) is 1.30. The zero-order chi connectivity index (χ0) is 29.0. The van der Waals surface area contributed by atoms with Gasteiger partial charge in [0, 0.05) is 25.0 Å². The summed E-state index contributed by atoms with van der Waals surface area (Å²) < 4.78 is 50.7. The second-order valence-electron chi connectivity index (χ2n) is 10.4. The SMILES string of the molecule is COC(=O)N1CCC(N(c2ccc(Oc3ccccc3C(F)(F)F)cc2C(=O)O)C(=O)[C@H]2CC[C@H](C)CC2)CC1. The highest BCUT2D eigenvalue weighted by molar-refractivity contribution is 6.03. The maximum absolute atomic E-state index is 14.0. The molecule has 0 radical (unpaired) electrons. The van der Waals surface area contributed by atoms with Gasteiger partial charge in [-0.2, -0.15) is 13.2 Å². The van der Waals surface area contributed by atoms with E-state index in [-0.39, 0.29) is 34.9 Å². The molecule has 0 atom stereocenters. The van der Waals surface area contributed by atoms with Crippen molar-refractivity contribution in [3.8, 4) is 11.5 Å². The van der Waals surface area contributed by atoms with Crippen LogP contribution in [0.4, 0.5) is 23.7 Å². The van der Waals surface area contributed by atoms with Gasteiger partial charge >= 0.3 is 18.2 Å². The summed E-state index contributed by atoms with van der Waals surface area (Å²) >= 11 is 0. The lowest BCUT2D eigenvalue weighted by molar-refractivity contribution is -0.138. The number of nitrogens with zero attached hydrogens (tertiary/aromatic N) is 2. The van der Waals surface area contributed by atoms with E-state index in [9.17, 15) is 32.7 Å². The van der Waals surface area contributed by atoms with E-state index in [0.717, 1.165) is 31.0 Å². The van der Waals surface area contributed by atoms with E-state index >= 15 is 0 Å². The number of ether oxygens (including phenoxy) is 2. The maximum Gasteiger partial charge on any atom is 0.419 e. The van der Waals surface area contributed by atoms with Gasteiger partial charge < -0.3 is 24.4 Å². The Hall–Kier alpha value is -3.76. The minimum absolute atomic E-state index is 0.0998. The summed E-state index contributed by atoms with van der Waals surface area (Å²) in [5.41, 5.74) is -1.09. The van der Waals surface area contributed by atoms with E-state index in [4.69, 9.17) is 9.47 Å². The van der Waals surface area contributed by atoms with Crippen LogP contribution in [0.1, 0.15) is 61.4 Å². The van der Waals surface area contributed by atoms with Crippen molar-refractivity contribution >= 4 is 23.7 Å². The van der Waals surface area contributed by atoms with Crippen LogP contribution in [-0.4, -0.2) is 54.2 Å². The van der Waals surface area contributed by atoms with Crippen LogP contribution in [0.25, 0.3) is 0 Å². The number of hydrogen-bond donors (Lipinski definition) is 1. The Kier molecular flexibility index (Phi) is 8.90. The molecule has 8 nitrogen and oxygen atoms in total. The van der Waals surface area contributed by atoms with Crippen molar-refractivity contribution in [1.82, 2.24) is 4.90 Å². The largest absolute Gasteiger partial charge is 0.478 e. The second-order valence-corrected chi connectivity index (χ2v) is 10.4. The molecule has 1 saturated carbocycles. The zero-order valence-corrected chi connectivity index (χ0v) is 22.4. The van der Waals surface area contributed by atoms with Crippen molar-refractivity contribution in [3.05, 3.63) is 53.6 Å². The molecule has 2 amide bonds. The number of amides is 2. The molecule has 0 unspecified atom stereocenters. The summed E-state index contributed by atoms with van der Waals surface area (Å²) in [5.74, 6) is -1.85. The predicted octanol–water partition coefficient (Wildman–Crippen LogP) is 6.59. The number of alkyl halides is 3. The third kappa shape index (κ3) is 6.51. The molecule has 1 N–H and O–H groups in total. The highest BCUT2D eigenvalue weighted by Crippen LogP contribution is 2.40. The molecule has 40 heavy (non-hydrogen) atoms. The van der Waals surface area contributed by atoms with Gasteiger partial charge in [0.2, 0.25) is 5.91 Å². The van der Waals surface area contributed by atoms with Gasteiger partial charge in [0.1, 0.15) is 11.5 Å². The fourth-order valence-corrected chi connectivity index (χ4v) is 5.51. The van der Waals surface area contributed by atoms with Crippen molar-refractivity contribution in [2.75, 3.05) is 25.1 Å². The molecule has 2 aromatic carbocycles. The molecule has 2 aromatic rings. The third-order valence-corrected chi connectivity index (χ3v) is 7.74. The molecule has 1 aliphatic carbocycles. The van der Waals surface area contributed by atoms with Gasteiger partial charge in [-0.1, -0.05) is 19.1 Å². The van der Waals surface area contributed by atoms with E-state index < -0.39 is 29.6 Å². The molecule has 0 aromatic heterocycles. The number of likely N-dealkylation sites (tertiary alicyclic amines) is 1. The number of halogens is 3. The molecular weight excluding hydrogens is 529 g/mol. The number of carbonyl (C=O) groups excluding carboxylic acids is 2. The first kappa shape index (κ1) is 29.2. The van der Waals surface area contributed by atoms with E-state index in [1.165, 1.54) is 41.2 Å². The van der Waals surface area contributed by atoms with Gasteiger partial charge in [-0.15, -0.1) is 0 Å². The Bertz CT molecular complexity index is 1230. The van der Waals surface area contributed by atoms with E-state index in [0.29, 0.717) is 44.7 Å². The normalized spacial score (nSPS) is 20.1. The van der Waals surface area contributed by atoms with Crippen LogP contribution in [0.2, 0.25) is 0 Å². The van der Waals surface area contributed by atoms with Crippen LogP contribution in [-0.2, 0) is 15.7 Å². The van der Waals surface area contributed by atoms with Gasteiger partial charge in [0.25, 0.3) is 0 Å². The molecule has 216 valence electrons. The monoisotopic (exact) mass is 562 g/mol. The molecular formula is C29H33F3N2O6. The number of rotatable bonds is 6. The molecule has 1 saturated heterocycles. The topological polar surface area (TPSA) is 96.4 Å². The number of carboxylic acids is 1. The standard InChI is InChI=1S/C29H33F3N2O6/c1-18-7-9-19(10-8-18)26(35)34(20-13-15-33(16-14-20)28(38)39-2)24-12-11-21(17-22(24)27(36)37)40-25-6-4-3-5-23(25)29(30,31)32/h3-6,11-12,17-20H,7-10,13-16H2,1-2H3,(H,36,37)/t18-,19-. The average Bonchev–Trinajstić information content (AvgIpc) is 2.93. The molecule has 2 aliphatic rings. The van der Waals surface area contributed by atoms with Crippen LogP contribution >= 0.6 is 0 Å². The molecule has 11 heteroatoms. The first-order valence-corrected chi connectivity index (χ1v) is 13.4. The quantitative estimate of drug-likeness (QED) is 0.427. The molecule has 4 rings (SSSR count). The lowest BCUT2D eigenvalue weighted by Crippen LogP contribution is -2.51. The van der Waals surface area contributed by atoms with Gasteiger partial charge in [-0.05, 0) is 74.8 Å². The Balaban J connectivity index is 1.69. The minimum Gasteiger partial charge on any atom is -0.478 e. The Morgan fingerprint density at radius 2 is 1.62 bits per heavy atom. The number of piperidine rings is 1. The number of hydrogen-bond acceptors (Lipinski definition) is 5. The average molecular weight is 563 g/mol. The predicted molar refractivity (Wildman–Crippen MR) is 141 cm³/mol. The van der Waals surface area contributed by atoms with Gasteiger partial charge in [-0.3, -0.25) is 4.79 Å². The first-order chi connectivity index (χ1) is 19.0. The summed E-state index contributed by atoms with van der Waals surface area (Å²) in [4.78, 5) is 41.4. The van der Waals surface area contributed by atoms with Crippen molar-refractivity contribution in [2.24, 2.45) is 11.8 Å². The van der Waals surface area contributed by atoms with Crippen LogP contribution < -0.4 is 9.64 Å². The fraction of sp³-hybridized carbons (Fsp3) is 0.483. The number of carboxylic acid groups (broad SMARTS) is 1. The molecule has 0 spiro atoms. The smallest absolute Gasteiger partial charge is 0.419 e. The highest BCUT2D eigenvalue weighted by Gasteiger charge is 2.38. The van der Waals surface area contributed by atoms with Crippen LogP contribution in [0.3, 0.4) is 0 Å². The number of aromatic carboxylic acids is 1. The van der Waals surface area contributed by atoms with E-state index in [1.54, 1.807) is 0 Å². The zero-order valence-electron chi connectivity index (χ0n) is 22.4. The molecule has 1 heterocycles. The summed E-state index contributed by atoms with van der Waals surface area (Å²) in [6.07, 6.45) is -1.13. The third-order valence-electron chi connectivity index (χ3n) is 7.74.